The Balaban J connectivity index is 2.05. The summed E-state index contributed by atoms with van der Waals surface area (Å²) in [5, 5.41) is 0. The molecule has 0 spiro atoms. The van der Waals surface area contributed by atoms with Crippen molar-refractivity contribution >= 4 is 5.78 Å². The van der Waals surface area contributed by atoms with E-state index < -0.39 is 5.41 Å². The quantitative estimate of drug-likeness (QED) is 0.615. The number of methoxy groups -OCH3 is 3. The first-order valence-electron chi connectivity index (χ1n) is 9.63. The molecular formula is C25H24O4. The second-order valence-corrected chi connectivity index (χ2v) is 7.20. The number of Topliss-reactive ketones (excluding diaryl/α,β-unsaturated/α-hetero) is 1. The van der Waals surface area contributed by atoms with E-state index in [9.17, 15) is 4.79 Å². The summed E-state index contributed by atoms with van der Waals surface area (Å²) in [4.78, 5) is 12.8. The third kappa shape index (κ3) is 3.15. The number of hydrogen-bond acceptors (Lipinski definition) is 4. The van der Waals surface area contributed by atoms with E-state index in [-0.39, 0.29) is 5.78 Å². The van der Waals surface area contributed by atoms with Gasteiger partial charge in [-0.1, -0.05) is 30.3 Å². The molecule has 0 amide bonds. The molecule has 0 bridgehead atoms. The Hall–Kier alpha value is -3.27. The molecule has 0 saturated heterocycles. The highest BCUT2D eigenvalue weighted by Gasteiger charge is 2.43. The Morgan fingerprint density at radius 1 is 0.724 bits per heavy atom. The van der Waals surface area contributed by atoms with Gasteiger partial charge in [0.25, 0.3) is 0 Å². The molecule has 0 fully saturated rings. The van der Waals surface area contributed by atoms with Gasteiger partial charge in [-0.05, 0) is 59.5 Å². The van der Waals surface area contributed by atoms with Crippen LogP contribution in [0.3, 0.4) is 0 Å². The topological polar surface area (TPSA) is 44.8 Å². The lowest BCUT2D eigenvalue weighted by Crippen LogP contribution is -2.35. The SMILES string of the molecule is COc1cccc(C2(c3cccc(OC)c3)CCC(=O)c3cc(OC)ccc32)c1. The highest BCUT2D eigenvalue weighted by Crippen LogP contribution is 2.49. The smallest absolute Gasteiger partial charge is 0.163 e. The normalized spacial score (nSPS) is 14.8. The molecule has 0 unspecified atom stereocenters. The van der Waals surface area contributed by atoms with Crippen molar-refractivity contribution in [2.45, 2.75) is 18.3 Å². The fourth-order valence-electron chi connectivity index (χ4n) is 4.37. The largest absolute Gasteiger partial charge is 0.497 e. The summed E-state index contributed by atoms with van der Waals surface area (Å²) in [7, 11) is 4.95. The first kappa shape index (κ1) is 19.1. The number of fused-ring (bicyclic) bond motifs is 1. The van der Waals surface area contributed by atoms with Crippen molar-refractivity contribution in [2.75, 3.05) is 21.3 Å². The van der Waals surface area contributed by atoms with Crippen LogP contribution in [0.25, 0.3) is 0 Å². The summed E-state index contributed by atoms with van der Waals surface area (Å²) in [6.45, 7) is 0. The number of ether oxygens (including phenoxy) is 3. The molecular weight excluding hydrogens is 364 g/mol. The van der Waals surface area contributed by atoms with E-state index in [0.717, 1.165) is 28.2 Å². The molecule has 3 aromatic carbocycles. The molecule has 0 saturated carbocycles. The molecule has 1 aliphatic rings. The minimum Gasteiger partial charge on any atom is -0.497 e. The molecule has 0 heterocycles. The predicted molar refractivity (Wildman–Crippen MR) is 112 cm³/mol. The zero-order chi connectivity index (χ0) is 20.4. The van der Waals surface area contributed by atoms with Gasteiger partial charge >= 0.3 is 0 Å². The second kappa shape index (κ2) is 7.63. The van der Waals surface area contributed by atoms with Crippen molar-refractivity contribution in [1.29, 1.82) is 0 Å². The molecule has 0 radical (unpaired) electrons. The summed E-state index contributed by atoms with van der Waals surface area (Å²) in [5.41, 5.74) is 3.38. The zero-order valence-corrected chi connectivity index (χ0v) is 16.9. The van der Waals surface area contributed by atoms with Crippen molar-refractivity contribution in [3.8, 4) is 17.2 Å². The maximum Gasteiger partial charge on any atom is 0.163 e. The van der Waals surface area contributed by atoms with Crippen molar-refractivity contribution < 1.29 is 19.0 Å². The van der Waals surface area contributed by atoms with Gasteiger partial charge in [0.05, 0.1) is 21.3 Å². The van der Waals surface area contributed by atoms with Crippen LogP contribution >= 0.6 is 0 Å². The van der Waals surface area contributed by atoms with E-state index >= 15 is 0 Å². The van der Waals surface area contributed by atoms with E-state index in [4.69, 9.17) is 14.2 Å². The van der Waals surface area contributed by atoms with E-state index in [1.165, 1.54) is 0 Å². The fourth-order valence-corrected chi connectivity index (χ4v) is 4.37. The molecule has 0 aromatic heterocycles. The highest BCUT2D eigenvalue weighted by atomic mass is 16.5. The number of ketones is 1. The van der Waals surface area contributed by atoms with Gasteiger partial charge in [-0.15, -0.1) is 0 Å². The first-order chi connectivity index (χ1) is 14.1. The average molecular weight is 388 g/mol. The third-order valence-corrected chi connectivity index (χ3v) is 5.84. The van der Waals surface area contributed by atoms with E-state index in [1.807, 2.05) is 42.5 Å². The van der Waals surface area contributed by atoms with Gasteiger partial charge in [-0.25, -0.2) is 0 Å². The van der Waals surface area contributed by atoms with Crippen molar-refractivity contribution in [3.63, 3.8) is 0 Å². The Labute approximate surface area is 171 Å². The van der Waals surface area contributed by atoms with Gasteiger partial charge in [0.15, 0.2) is 5.78 Å². The fraction of sp³-hybridized carbons (Fsp3) is 0.240. The van der Waals surface area contributed by atoms with Crippen molar-refractivity contribution in [2.24, 2.45) is 0 Å². The number of carbonyl (C=O) groups is 1. The lowest BCUT2D eigenvalue weighted by atomic mass is 9.62. The summed E-state index contributed by atoms with van der Waals surface area (Å²) in [6.07, 6.45) is 1.13. The molecule has 0 atom stereocenters. The molecule has 148 valence electrons. The van der Waals surface area contributed by atoms with Crippen LogP contribution in [0.15, 0.2) is 66.7 Å². The summed E-state index contributed by atoms with van der Waals surface area (Å²) >= 11 is 0. The molecule has 3 aromatic rings. The highest BCUT2D eigenvalue weighted by molar-refractivity contribution is 6.00. The van der Waals surface area contributed by atoms with Crippen LogP contribution in [-0.2, 0) is 5.41 Å². The summed E-state index contributed by atoms with van der Waals surface area (Å²) in [5.74, 6) is 2.40. The molecule has 0 aliphatic heterocycles. The molecule has 0 N–H and O–H groups in total. The molecule has 4 nitrogen and oxygen atoms in total. The van der Waals surface area contributed by atoms with Crippen LogP contribution < -0.4 is 14.2 Å². The molecule has 4 rings (SSSR count). The lowest BCUT2D eigenvalue weighted by Gasteiger charge is -2.40. The number of rotatable bonds is 5. The Morgan fingerprint density at radius 3 is 1.83 bits per heavy atom. The molecule has 29 heavy (non-hydrogen) atoms. The van der Waals surface area contributed by atoms with Crippen LogP contribution in [-0.4, -0.2) is 27.1 Å². The zero-order valence-electron chi connectivity index (χ0n) is 16.9. The van der Waals surface area contributed by atoms with Gasteiger partial charge < -0.3 is 14.2 Å². The predicted octanol–water partition coefficient (Wildman–Crippen LogP) is 5.02. The number of carbonyl (C=O) groups excluding carboxylic acids is 1. The second-order valence-electron chi connectivity index (χ2n) is 7.20. The van der Waals surface area contributed by atoms with Crippen LogP contribution in [0.5, 0.6) is 17.2 Å². The molecule has 1 aliphatic carbocycles. The lowest BCUT2D eigenvalue weighted by molar-refractivity contribution is 0.0962. The minimum atomic E-state index is -0.488. The van der Waals surface area contributed by atoms with E-state index in [0.29, 0.717) is 24.2 Å². The standard InChI is InChI=1S/C25H24O4/c1-27-19-8-4-6-17(14-19)25(18-7-5-9-20(15-18)28-2)13-12-24(26)22-16-21(29-3)10-11-23(22)25/h4-11,14-16H,12-13H2,1-3H3. The Bertz CT molecular complexity index is 1010. The summed E-state index contributed by atoms with van der Waals surface area (Å²) in [6, 6.07) is 22.0. The third-order valence-electron chi connectivity index (χ3n) is 5.84. The van der Waals surface area contributed by atoms with Crippen molar-refractivity contribution in [3.05, 3.63) is 89.0 Å². The maximum absolute atomic E-state index is 12.8. The van der Waals surface area contributed by atoms with Gasteiger partial charge in [0, 0.05) is 17.4 Å². The average Bonchev–Trinajstić information content (AvgIpc) is 2.79. The molecule has 4 heteroatoms. The Morgan fingerprint density at radius 2 is 1.28 bits per heavy atom. The number of hydrogen-bond donors (Lipinski definition) is 0. The van der Waals surface area contributed by atoms with Crippen LogP contribution in [0.1, 0.15) is 39.9 Å². The van der Waals surface area contributed by atoms with Crippen LogP contribution in [0.4, 0.5) is 0 Å². The van der Waals surface area contributed by atoms with Gasteiger partial charge in [0.2, 0.25) is 0 Å². The monoisotopic (exact) mass is 388 g/mol. The Kier molecular flexibility index (Phi) is 5.01. The van der Waals surface area contributed by atoms with Crippen molar-refractivity contribution in [1.82, 2.24) is 0 Å². The van der Waals surface area contributed by atoms with Gasteiger partial charge in [-0.2, -0.15) is 0 Å². The van der Waals surface area contributed by atoms with Gasteiger partial charge in [0.1, 0.15) is 17.2 Å². The van der Waals surface area contributed by atoms with E-state index in [2.05, 4.69) is 24.3 Å². The minimum absolute atomic E-state index is 0.139. The van der Waals surface area contributed by atoms with Crippen LogP contribution in [0.2, 0.25) is 0 Å². The van der Waals surface area contributed by atoms with Gasteiger partial charge in [-0.3, -0.25) is 4.79 Å². The number of benzene rings is 3. The van der Waals surface area contributed by atoms with Crippen LogP contribution in [0, 0.1) is 0 Å². The van der Waals surface area contributed by atoms with E-state index in [1.54, 1.807) is 21.3 Å². The first-order valence-corrected chi connectivity index (χ1v) is 9.63. The maximum atomic E-state index is 12.8. The summed E-state index contributed by atoms with van der Waals surface area (Å²) < 4.78 is 16.4.